The number of hydrogen-bond donors (Lipinski definition) is 1. The first kappa shape index (κ1) is 23.3. The van der Waals surface area contributed by atoms with Crippen LogP contribution in [0.15, 0.2) is 77.3 Å². The molecule has 5 rings (SSSR count). The first-order valence-electron chi connectivity index (χ1n) is 12.5. The summed E-state index contributed by atoms with van der Waals surface area (Å²) in [6.07, 6.45) is 2.39. The molecule has 1 unspecified atom stereocenters. The Morgan fingerprint density at radius 1 is 0.971 bits per heavy atom. The van der Waals surface area contributed by atoms with Gasteiger partial charge in [0.25, 0.3) is 5.91 Å². The van der Waals surface area contributed by atoms with Crippen LogP contribution in [-0.4, -0.2) is 35.6 Å². The van der Waals surface area contributed by atoms with Crippen LogP contribution in [0, 0.1) is 0 Å². The summed E-state index contributed by atoms with van der Waals surface area (Å²) in [5, 5.41) is 9.46. The van der Waals surface area contributed by atoms with Gasteiger partial charge in [-0.1, -0.05) is 86.6 Å². The summed E-state index contributed by atoms with van der Waals surface area (Å²) < 4.78 is 5.54. The van der Waals surface area contributed by atoms with Crippen molar-refractivity contribution in [1.82, 2.24) is 15.4 Å². The van der Waals surface area contributed by atoms with Crippen molar-refractivity contribution in [2.45, 2.75) is 45.1 Å². The molecule has 0 radical (unpaired) electrons. The number of aromatic nitrogens is 1. The number of fused-ring (bicyclic) bond motifs is 1. The highest BCUT2D eigenvalue weighted by atomic mass is 16.5. The molecule has 4 aromatic rings. The number of amides is 1. The highest BCUT2D eigenvalue weighted by Gasteiger charge is 2.25. The zero-order valence-corrected chi connectivity index (χ0v) is 20.8. The molecule has 1 saturated heterocycles. The molecule has 1 aromatic heterocycles. The van der Waals surface area contributed by atoms with E-state index in [-0.39, 0.29) is 17.4 Å². The smallest absolute Gasteiger partial charge is 0.273 e. The summed E-state index contributed by atoms with van der Waals surface area (Å²) in [7, 11) is 0. The van der Waals surface area contributed by atoms with Gasteiger partial charge in [-0.2, -0.15) is 0 Å². The lowest BCUT2D eigenvalue weighted by Gasteiger charge is -2.29. The van der Waals surface area contributed by atoms with Gasteiger partial charge in [0.05, 0.1) is 6.04 Å². The van der Waals surface area contributed by atoms with Crippen LogP contribution >= 0.6 is 0 Å². The summed E-state index contributed by atoms with van der Waals surface area (Å²) in [4.78, 5) is 15.5. The molecule has 2 heterocycles. The highest BCUT2D eigenvalue weighted by molar-refractivity contribution is 5.93. The van der Waals surface area contributed by atoms with Crippen molar-refractivity contribution in [2.24, 2.45) is 0 Å². The van der Waals surface area contributed by atoms with Gasteiger partial charge < -0.3 is 9.84 Å². The minimum Gasteiger partial charge on any atom is -0.355 e. The van der Waals surface area contributed by atoms with Crippen LogP contribution in [-0.2, 0) is 5.41 Å². The van der Waals surface area contributed by atoms with Crippen molar-refractivity contribution in [1.29, 1.82) is 0 Å². The predicted molar refractivity (Wildman–Crippen MR) is 140 cm³/mol. The molecule has 3 aromatic carbocycles. The number of rotatable bonds is 6. The van der Waals surface area contributed by atoms with E-state index < -0.39 is 0 Å². The van der Waals surface area contributed by atoms with Crippen LogP contribution in [0.4, 0.5) is 0 Å². The lowest BCUT2D eigenvalue weighted by molar-refractivity contribution is 0.0929. The molecule has 1 aliphatic rings. The summed E-state index contributed by atoms with van der Waals surface area (Å²) >= 11 is 0. The van der Waals surface area contributed by atoms with Crippen LogP contribution in [0.3, 0.4) is 0 Å². The maximum absolute atomic E-state index is 13.0. The van der Waals surface area contributed by atoms with E-state index in [2.05, 4.69) is 84.7 Å². The molecule has 0 bridgehead atoms. The molecule has 0 aliphatic carbocycles. The Morgan fingerprint density at radius 2 is 1.69 bits per heavy atom. The minimum absolute atomic E-state index is 0.117. The van der Waals surface area contributed by atoms with Gasteiger partial charge in [0.2, 0.25) is 0 Å². The largest absolute Gasteiger partial charge is 0.355 e. The lowest BCUT2D eigenvalue weighted by Crippen LogP contribution is -2.37. The van der Waals surface area contributed by atoms with Crippen molar-refractivity contribution < 1.29 is 9.32 Å². The first-order valence-corrected chi connectivity index (χ1v) is 12.5. The molecule has 35 heavy (non-hydrogen) atoms. The predicted octanol–water partition coefficient (Wildman–Crippen LogP) is 6.36. The molecular formula is C30H33N3O2. The minimum atomic E-state index is -0.212. The SMILES string of the molecule is CC(C)(C)c1ccc(C(CNC(=O)c2cc(-c3ccc4ccccc4c3)on2)N2CCCC2)cc1. The van der Waals surface area contributed by atoms with Crippen molar-refractivity contribution in [3.05, 3.63) is 89.6 Å². The topological polar surface area (TPSA) is 58.4 Å². The Hall–Kier alpha value is -3.44. The second-order valence-corrected chi connectivity index (χ2v) is 10.5. The molecule has 1 fully saturated rings. The summed E-state index contributed by atoms with van der Waals surface area (Å²) in [6, 6.07) is 25.0. The van der Waals surface area contributed by atoms with Crippen LogP contribution in [0.5, 0.6) is 0 Å². The number of nitrogens with zero attached hydrogens (tertiary/aromatic N) is 2. The first-order chi connectivity index (χ1) is 16.9. The molecule has 5 nitrogen and oxygen atoms in total. The maximum atomic E-state index is 13.0. The van der Waals surface area contributed by atoms with E-state index in [1.807, 2.05) is 18.2 Å². The third-order valence-electron chi connectivity index (χ3n) is 6.98. The Balaban J connectivity index is 1.30. The van der Waals surface area contributed by atoms with Gasteiger partial charge in [-0.05, 0) is 59.3 Å². The quantitative estimate of drug-likeness (QED) is 0.358. The van der Waals surface area contributed by atoms with Gasteiger partial charge in [-0.25, -0.2) is 0 Å². The average Bonchev–Trinajstić information content (AvgIpc) is 3.57. The third-order valence-corrected chi connectivity index (χ3v) is 6.98. The van der Waals surface area contributed by atoms with Crippen molar-refractivity contribution in [3.8, 4) is 11.3 Å². The monoisotopic (exact) mass is 467 g/mol. The average molecular weight is 468 g/mol. The molecule has 1 amide bonds. The molecule has 1 atom stereocenters. The number of carbonyl (C=O) groups is 1. The van der Waals surface area contributed by atoms with E-state index in [1.165, 1.54) is 24.0 Å². The van der Waals surface area contributed by atoms with Crippen LogP contribution in [0.25, 0.3) is 22.1 Å². The molecule has 1 N–H and O–H groups in total. The molecule has 5 heteroatoms. The Bertz CT molecular complexity index is 1310. The zero-order valence-electron chi connectivity index (χ0n) is 20.8. The van der Waals surface area contributed by atoms with Gasteiger partial charge in [-0.15, -0.1) is 0 Å². The third kappa shape index (κ3) is 5.15. The lowest BCUT2D eigenvalue weighted by atomic mass is 9.86. The van der Waals surface area contributed by atoms with Gasteiger partial charge in [0, 0.05) is 18.2 Å². The van der Waals surface area contributed by atoms with Gasteiger partial charge >= 0.3 is 0 Å². The Labute approximate surface area is 207 Å². The van der Waals surface area contributed by atoms with E-state index in [0.717, 1.165) is 29.4 Å². The van der Waals surface area contributed by atoms with Crippen molar-refractivity contribution >= 4 is 16.7 Å². The second-order valence-electron chi connectivity index (χ2n) is 10.5. The van der Waals surface area contributed by atoms with E-state index in [9.17, 15) is 4.79 Å². The van der Waals surface area contributed by atoms with Gasteiger partial charge in [-0.3, -0.25) is 9.69 Å². The molecule has 1 aliphatic heterocycles. The number of benzene rings is 3. The number of carbonyl (C=O) groups excluding carboxylic acids is 1. The number of hydrogen-bond acceptors (Lipinski definition) is 4. The normalized spacial score (nSPS) is 15.4. The van der Waals surface area contributed by atoms with E-state index in [1.54, 1.807) is 6.07 Å². The molecule has 0 saturated carbocycles. The fourth-order valence-corrected chi connectivity index (χ4v) is 4.86. The van der Waals surface area contributed by atoms with Crippen molar-refractivity contribution in [2.75, 3.05) is 19.6 Å². The summed E-state index contributed by atoms with van der Waals surface area (Å²) in [6.45, 7) is 9.32. The zero-order chi connectivity index (χ0) is 24.4. The molecule has 180 valence electrons. The van der Waals surface area contributed by atoms with E-state index in [0.29, 0.717) is 18.0 Å². The highest BCUT2D eigenvalue weighted by Crippen LogP contribution is 2.29. The Kier molecular flexibility index (Phi) is 6.44. The summed E-state index contributed by atoms with van der Waals surface area (Å²) in [5.41, 5.74) is 3.87. The Morgan fingerprint density at radius 3 is 2.40 bits per heavy atom. The van der Waals surface area contributed by atoms with Crippen molar-refractivity contribution in [3.63, 3.8) is 0 Å². The summed E-state index contributed by atoms with van der Waals surface area (Å²) in [5.74, 6) is 0.381. The number of nitrogens with one attached hydrogen (secondary N) is 1. The van der Waals surface area contributed by atoms with Gasteiger partial charge in [0.15, 0.2) is 11.5 Å². The van der Waals surface area contributed by atoms with Crippen LogP contribution < -0.4 is 5.32 Å². The van der Waals surface area contributed by atoms with Crippen LogP contribution in [0.1, 0.15) is 61.3 Å². The molecular weight excluding hydrogens is 434 g/mol. The van der Waals surface area contributed by atoms with Crippen LogP contribution in [0.2, 0.25) is 0 Å². The fraction of sp³-hybridized carbons (Fsp3) is 0.333. The van der Waals surface area contributed by atoms with Gasteiger partial charge in [0.1, 0.15) is 0 Å². The second kappa shape index (κ2) is 9.67. The number of likely N-dealkylation sites (tertiary alicyclic amines) is 1. The van der Waals surface area contributed by atoms with E-state index in [4.69, 9.17) is 4.52 Å². The standard InChI is InChI=1S/C30H33N3O2/c1-30(2,3)25-14-12-22(13-15-25)27(33-16-6-7-17-33)20-31-29(34)26-19-28(35-32-26)24-11-10-21-8-4-5-9-23(21)18-24/h4-5,8-15,18-19,27H,6-7,16-17,20H2,1-3H3,(H,31,34). The fourth-order valence-electron chi connectivity index (χ4n) is 4.86. The maximum Gasteiger partial charge on any atom is 0.273 e. The van der Waals surface area contributed by atoms with E-state index >= 15 is 0 Å². The molecule has 0 spiro atoms.